The van der Waals surface area contributed by atoms with Crippen LogP contribution in [0.4, 0.5) is 0 Å². The highest BCUT2D eigenvalue weighted by atomic mass is 16.3. The van der Waals surface area contributed by atoms with Crippen molar-refractivity contribution >= 4 is 43.7 Å². The van der Waals surface area contributed by atoms with Gasteiger partial charge in [0.05, 0.1) is 16.7 Å². The third kappa shape index (κ3) is 5.98. The van der Waals surface area contributed by atoms with Gasteiger partial charge in [-0.2, -0.15) is 0 Å². The number of para-hydroxylation sites is 1. The highest BCUT2D eigenvalue weighted by molar-refractivity contribution is 6.19. The molecule has 62 heavy (non-hydrogen) atoms. The van der Waals surface area contributed by atoms with Crippen molar-refractivity contribution in [3.05, 3.63) is 218 Å². The molecule has 0 atom stereocenters. The summed E-state index contributed by atoms with van der Waals surface area (Å²) >= 11 is 0. The lowest BCUT2D eigenvalue weighted by molar-refractivity contribution is 0.667. The van der Waals surface area contributed by atoms with Gasteiger partial charge in [0, 0.05) is 43.8 Å². The van der Waals surface area contributed by atoms with E-state index in [-0.39, 0.29) is 0 Å². The number of benzene rings is 9. The molecule has 0 bridgehead atoms. The van der Waals surface area contributed by atoms with E-state index in [0.29, 0.717) is 17.5 Å². The van der Waals surface area contributed by atoms with Crippen molar-refractivity contribution in [1.29, 1.82) is 0 Å². The molecular formula is C57H36N4O. The summed E-state index contributed by atoms with van der Waals surface area (Å²) < 4.78 is 9.64. The molecule has 3 heterocycles. The minimum absolute atomic E-state index is 0.578. The Labute approximate surface area is 357 Å². The van der Waals surface area contributed by atoms with Crippen LogP contribution >= 0.6 is 0 Å². The number of fused-ring (bicyclic) bond motifs is 6. The highest BCUT2D eigenvalue weighted by Gasteiger charge is 2.24. The van der Waals surface area contributed by atoms with Crippen LogP contribution in [0.3, 0.4) is 0 Å². The van der Waals surface area contributed by atoms with Crippen LogP contribution in [0.25, 0.3) is 117 Å². The van der Waals surface area contributed by atoms with Gasteiger partial charge in [0.25, 0.3) is 0 Å². The van der Waals surface area contributed by atoms with Gasteiger partial charge in [-0.3, -0.25) is 0 Å². The molecule has 0 aliphatic rings. The van der Waals surface area contributed by atoms with Crippen molar-refractivity contribution in [3.63, 3.8) is 0 Å². The average molecular weight is 793 g/mol. The second kappa shape index (κ2) is 14.7. The van der Waals surface area contributed by atoms with Gasteiger partial charge in [0.1, 0.15) is 5.58 Å². The molecule has 0 saturated carbocycles. The normalized spacial score (nSPS) is 11.5. The van der Waals surface area contributed by atoms with Crippen LogP contribution in [-0.2, 0) is 0 Å². The maximum absolute atomic E-state index is 7.28. The first-order chi connectivity index (χ1) is 30.7. The van der Waals surface area contributed by atoms with Crippen molar-refractivity contribution in [2.45, 2.75) is 0 Å². The third-order valence-electron chi connectivity index (χ3n) is 11.9. The van der Waals surface area contributed by atoms with Gasteiger partial charge in [0.2, 0.25) is 0 Å². The van der Waals surface area contributed by atoms with Crippen molar-refractivity contribution in [1.82, 2.24) is 19.5 Å². The third-order valence-corrected chi connectivity index (χ3v) is 11.9. The summed E-state index contributed by atoms with van der Waals surface area (Å²) in [6.45, 7) is 0. The van der Waals surface area contributed by atoms with Crippen LogP contribution < -0.4 is 0 Å². The van der Waals surface area contributed by atoms with E-state index in [9.17, 15) is 0 Å². The molecular weight excluding hydrogens is 757 g/mol. The summed E-state index contributed by atoms with van der Waals surface area (Å²) in [5, 5.41) is 4.27. The molecule has 0 aliphatic carbocycles. The zero-order chi connectivity index (χ0) is 41.0. The van der Waals surface area contributed by atoms with E-state index >= 15 is 0 Å². The molecule has 5 heteroatoms. The number of nitrogens with zero attached hydrogens (tertiary/aromatic N) is 4. The Bertz CT molecular complexity index is 3450. The van der Waals surface area contributed by atoms with Crippen LogP contribution in [0.2, 0.25) is 0 Å². The summed E-state index contributed by atoms with van der Waals surface area (Å²) in [6, 6.07) is 76.2. The topological polar surface area (TPSA) is 56.7 Å². The Morgan fingerprint density at radius 1 is 0.306 bits per heavy atom. The van der Waals surface area contributed by atoms with E-state index in [1.807, 2.05) is 66.7 Å². The van der Waals surface area contributed by atoms with Crippen molar-refractivity contribution in [2.24, 2.45) is 0 Å². The SMILES string of the molecule is c1ccc(-c2ccc3c(c2)c2cc(-c4ccccc4)ccc2n3-c2cccc3c2oc2c(-c4ccccc4)ccc(-c4nc(-c5ccccc5)nc(-c5ccccc5)n4)c23)cc1. The van der Waals surface area contributed by atoms with E-state index < -0.39 is 0 Å². The van der Waals surface area contributed by atoms with E-state index in [2.05, 4.69) is 156 Å². The van der Waals surface area contributed by atoms with Gasteiger partial charge in [-0.1, -0.05) is 176 Å². The van der Waals surface area contributed by atoms with E-state index in [4.69, 9.17) is 19.4 Å². The lowest BCUT2D eigenvalue weighted by Crippen LogP contribution is -2.00. The maximum Gasteiger partial charge on any atom is 0.164 e. The molecule has 0 aliphatic heterocycles. The zero-order valence-electron chi connectivity index (χ0n) is 33.5. The van der Waals surface area contributed by atoms with Crippen molar-refractivity contribution < 1.29 is 4.42 Å². The minimum Gasteiger partial charge on any atom is -0.453 e. The van der Waals surface area contributed by atoms with Gasteiger partial charge < -0.3 is 8.98 Å². The van der Waals surface area contributed by atoms with E-state index in [1.54, 1.807) is 0 Å². The first-order valence-corrected chi connectivity index (χ1v) is 20.9. The summed E-state index contributed by atoms with van der Waals surface area (Å²) in [7, 11) is 0. The Hall–Kier alpha value is -8.41. The highest BCUT2D eigenvalue weighted by Crippen LogP contribution is 2.45. The monoisotopic (exact) mass is 792 g/mol. The van der Waals surface area contributed by atoms with Crippen LogP contribution in [-0.4, -0.2) is 19.5 Å². The summed E-state index contributed by atoms with van der Waals surface area (Å²) in [5.74, 6) is 1.80. The van der Waals surface area contributed by atoms with Crippen LogP contribution in [0.1, 0.15) is 0 Å². The molecule has 0 amide bonds. The Morgan fingerprint density at radius 2 is 0.758 bits per heavy atom. The van der Waals surface area contributed by atoms with Gasteiger partial charge in [0.15, 0.2) is 23.1 Å². The molecule has 9 aromatic carbocycles. The molecule has 12 rings (SSSR count). The summed E-state index contributed by atoms with van der Waals surface area (Å²) in [5.41, 5.74) is 14.2. The smallest absolute Gasteiger partial charge is 0.164 e. The molecule has 0 N–H and O–H groups in total. The number of aromatic nitrogens is 4. The van der Waals surface area contributed by atoms with Crippen molar-refractivity contribution in [3.8, 4) is 73.2 Å². The molecule has 0 fully saturated rings. The molecule has 5 nitrogen and oxygen atoms in total. The molecule has 12 aromatic rings. The number of furan rings is 1. The lowest BCUT2D eigenvalue weighted by Gasteiger charge is -2.11. The molecule has 0 radical (unpaired) electrons. The number of hydrogen-bond acceptors (Lipinski definition) is 4. The fraction of sp³-hybridized carbons (Fsp3) is 0. The van der Waals surface area contributed by atoms with Gasteiger partial charge in [-0.25, -0.2) is 15.0 Å². The molecule has 0 spiro atoms. The van der Waals surface area contributed by atoms with Gasteiger partial charge in [-0.05, 0) is 70.3 Å². The second-order valence-corrected chi connectivity index (χ2v) is 15.6. The fourth-order valence-electron chi connectivity index (χ4n) is 8.93. The lowest BCUT2D eigenvalue weighted by atomic mass is 9.98. The first-order valence-electron chi connectivity index (χ1n) is 20.9. The predicted molar refractivity (Wildman–Crippen MR) is 254 cm³/mol. The Kier molecular flexibility index (Phi) is 8.42. The Balaban J connectivity index is 1.15. The summed E-state index contributed by atoms with van der Waals surface area (Å²) in [6.07, 6.45) is 0. The predicted octanol–water partition coefficient (Wildman–Crippen LogP) is 14.9. The first kappa shape index (κ1) is 35.5. The summed E-state index contributed by atoms with van der Waals surface area (Å²) in [4.78, 5) is 15.4. The van der Waals surface area contributed by atoms with E-state index in [0.717, 1.165) is 66.5 Å². The molecule has 0 unspecified atom stereocenters. The van der Waals surface area contributed by atoms with Crippen LogP contribution in [0.5, 0.6) is 0 Å². The largest absolute Gasteiger partial charge is 0.453 e. The maximum atomic E-state index is 7.28. The van der Waals surface area contributed by atoms with Gasteiger partial charge >= 0.3 is 0 Å². The quantitative estimate of drug-likeness (QED) is 0.161. The fourth-order valence-corrected chi connectivity index (χ4v) is 8.93. The molecule has 0 saturated heterocycles. The number of hydrogen-bond donors (Lipinski definition) is 0. The van der Waals surface area contributed by atoms with E-state index in [1.165, 1.54) is 33.0 Å². The average Bonchev–Trinajstić information content (AvgIpc) is 3.91. The minimum atomic E-state index is 0.578. The molecule has 3 aromatic heterocycles. The standard InChI is InChI=1S/C57H36N4O/c1-6-17-37(18-7-1)42-29-33-49-47(35-42)48-36-43(38-19-8-2-9-20-38)30-34-50(48)61(49)51-28-16-27-45-52-46(32-31-44(54(52)62-53(45)51)39-21-10-3-11-22-39)57-59-55(40-23-12-4-13-24-40)58-56(60-57)41-25-14-5-15-26-41/h1-36H. The second-order valence-electron chi connectivity index (χ2n) is 15.6. The van der Waals surface area contributed by atoms with Crippen LogP contribution in [0, 0.1) is 0 Å². The van der Waals surface area contributed by atoms with Crippen LogP contribution in [0.15, 0.2) is 223 Å². The molecule has 290 valence electrons. The zero-order valence-corrected chi connectivity index (χ0v) is 33.5. The van der Waals surface area contributed by atoms with Gasteiger partial charge in [-0.15, -0.1) is 0 Å². The Morgan fingerprint density at radius 3 is 1.27 bits per heavy atom. The number of rotatable bonds is 7. The van der Waals surface area contributed by atoms with Crippen molar-refractivity contribution in [2.75, 3.05) is 0 Å².